The summed E-state index contributed by atoms with van der Waals surface area (Å²) in [4.78, 5) is 23.1. The first-order valence-corrected chi connectivity index (χ1v) is 6.23. The van der Waals surface area contributed by atoms with Gasteiger partial charge in [0.25, 0.3) is 0 Å². The van der Waals surface area contributed by atoms with Gasteiger partial charge >= 0.3 is 12.0 Å². The molecule has 1 rings (SSSR count). The number of aliphatic carboxylic acids is 1. The summed E-state index contributed by atoms with van der Waals surface area (Å²) in [6.45, 7) is 5.91. The van der Waals surface area contributed by atoms with Crippen LogP contribution in [0.25, 0.3) is 0 Å². The minimum atomic E-state index is -1.58. The van der Waals surface area contributed by atoms with Crippen molar-refractivity contribution in [2.75, 3.05) is 6.54 Å². The van der Waals surface area contributed by atoms with Crippen LogP contribution in [0.2, 0.25) is 0 Å². The molecule has 1 aromatic rings. The molecule has 0 fully saturated rings. The van der Waals surface area contributed by atoms with Gasteiger partial charge in [-0.05, 0) is 25.0 Å². The van der Waals surface area contributed by atoms with Crippen molar-refractivity contribution in [3.05, 3.63) is 24.2 Å². The first kappa shape index (κ1) is 15.1. The number of urea groups is 1. The summed E-state index contributed by atoms with van der Waals surface area (Å²) in [5.74, 6) is -0.662. The Morgan fingerprint density at radius 2 is 2.21 bits per heavy atom. The molecule has 0 aromatic carbocycles. The fraction of sp³-hybridized carbons (Fsp3) is 0.538. The van der Waals surface area contributed by atoms with Gasteiger partial charge in [0.2, 0.25) is 0 Å². The number of amides is 2. The molecule has 3 N–H and O–H groups in total. The fourth-order valence-electron chi connectivity index (χ4n) is 1.47. The van der Waals surface area contributed by atoms with Gasteiger partial charge in [0, 0.05) is 6.54 Å². The maximum absolute atomic E-state index is 11.8. The summed E-state index contributed by atoms with van der Waals surface area (Å²) >= 11 is 0. The van der Waals surface area contributed by atoms with E-state index in [0.29, 0.717) is 12.5 Å². The van der Waals surface area contributed by atoms with Crippen molar-refractivity contribution < 1.29 is 19.1 Å². The monoisotopic (exact) mass is 268 g/mol. The van der Waals surface area contributed by atoms with Crippen LogP contribution in [0.3, 0.4) is 0 Å². The van der Waals surface area contributed by atoms with Crippen molar-refractivity contribution in [3.63, 3.8) is 0 Å². The Bertz CT molecular complexity index is 430. The first-order chi connectivity index (χ1) is 8.90. The molecular formula is C13H20N2O4. The highest BCUT2D eigenvalue weighted by molar-refractivity contribution is 5.86. The van der Waals surface area contributed by atoms with Gasteiger partial charge in [-0.25, -0.2) is 9.59 Å². The van der Waals surface area contributed by atoms with Crippen molar-refractivity contribution in [2.24, 2.45) is 5.92 Å². The topological polar surface area (TPSA) is 91.6 Å². The van der Waals surface area contributed by atoms with E-state index in [1.165, 1.54) is 19.3 Å². The van der Waals surface area contributed by atoms with Crippen molar-refractivity contribution >= 4 is 12.0 Å². The Morgan fingerprint density at radius 3 is 2.68 bits per heavy atom. The number of rotatable bonds is 6. The average Bonchev–Trinajstić information content (AvgIpc) is 2.89. The van der Waals surface area contributed by atoms with Gasteiger partial charge in [-0.15, -0.1) is 0 Å². The van der Waals surface area contributed by atoms with Gasteiger partial charge in [-0.1, -0.05) is 20.3 Å². The molecule has 1 aromatic heterocycles. The molecule has 2 amide bonds. The van der Waals surface area contributed by atoms with E-state index in [2.05, 4.69) is 10.6 Å². The van der Waals surface area contributed by atoms with Crippen LogP contribution < -0.4 is 10.6 Å². The highest BCUT2D eigenvalue weighted by Crippen LogP contribution is 2.21. The smallest absolute Gasteiger partial charge is 0.337 e. The predicted molar refractivity (Wildman–Crippen MR) is 69.7 cm³/mol. The molecule has 0 aliphatic rings. The lowest BCUT2D eigenvalue weighted by Gasteiger charge is -2.24. The molecule has 6 nitrogen and oxygen atoms in total. The van der Waals surface area contributed by atoms with Crippen molar-refractivity contribution in [2.45, 2.75) is 32.7 Å². The second-order valence-corrected chi connectivity index (χ2v) is 4.76. The van der Waals surface area contributed by atoms with Crippen LogP contribution in [0.5, 0.6) is 0 Å². The van der Waals surface area contributed by atoms with Crippen molar-refractivity contribution in [1.82, 2.24) is 10.6 Å². The standard InChI is InChI=1S/C13H20N2O4/c1-4-9(2)8-14-12(18)15-13(3,11(16)17)10-6-5-7-19-10/h5-7,9H,4,8H2,1-3H3,(H,16,17)(H2,14,15,18). The summed E-state index contributed by atoms with van der Waals surface area (Å²) < 4.78 is 5.08. The van der Waals surface area contributed by atoms with Gasteiger partial charge in [0.1, 0.15) is 5.76 Å². The molecule has 0 aliphatic heterocycles. The number of carbonyl (C=O) groups is 2. The Hall–Kier alpha value is -1.98. The number of hydrogen-bond donors (Lipinski definition) is 3. The highest BCUT2D eigenvalue weighted by Gasteiger charge is 2.39. The molecule has 0 saturated carbocycles. The fourth-order valence-corrected chi connectivity index (χ4v) is 1.47. The van der Waals surface area contributed by atoms with Gasteiger partial charge < -0.3 is 20.2 Å². The number of carboxylic acids is 1. The third-order valence-electron chi connectivity index (χ3n) is 3.11. The van der Waals surface area contributed by atoms with Crippen LogP contribution in [-0.4, -0.2) is 23.7 Å². The minimum Gasteiger partial charge on any atom is -0.479 e. The maximum atomic E-state index is 11.8. The van der Waals surface area contributed by atoms with Crippen molar-refractivity contribution in [3.8, 4) is 0 Å². The Morgan fingerprint density at radius 1 is 1.53 bits per heavy atom. The van der Waals surface area contributed by atoms with E-state index < -0.39 is 17.5 Å². The number of carboxylic acid groups (broad SMARTS) is 1. The normalized spacial score (nSPS) is 15.3. The summed E-state index contributed by atoms with van der Waals surface area (Å²) in [7, 11) is 0. The van der Waals surface area contributed by atoms with E-state index in [0.717, 1.165) is 6.42 Å². The zero-order chi connectivity index (χ0) is 14.5. The lowest BCUT2D eigenvalue weighted by atomic mass is 9.99. The molecule has 6 heteroatoms. The van der Waals surface area contributed by atoms with Gasteiger partial charge in [0.05, 0.1) is 6.26 Å². The summed E-state index contributed by atoms with van der Waals surface area (Å²) in [6, 6.07) is 2.57. The van der Waals surface area contributed by atoms with E-state index in [9.17, 15) is 14.7 Å². The highest BCUT2D eigenvalue weighted by atomic mass is 16.4. The molecular weight excluding hydrogens is 248 g/mol. The molecule has 0 aliphatic carbocycles. The third kappa shape index (κ3) is 3.74. The molecule has 0 spiro atoms. The van der Waals surface area contributed by atoms with E-state index in [4.69, 9.17) is 4.42 Å². The summed E-state index contributed by atoms with van der Waals surface area (Å²) in [6.07, 6.45) is 2.31. The second-order valence-electron chi connectivity index (χ2n) is 4.76. The van der Waals surface area contributed by atoms with Crippen LogP contribution in [0.4, 0.5) is 4.79 Å². The minimum absolute atomic E-state index is 0.179. The van der Waals surface area contributed by atoms with Crippen LogP contribution in [-0.2, 0) is 10.3 Å². The first-order valence-electron chi connectivity index (χ1n) is 6.23. The van der Waals surface area contributed by atoms with Crippen LogP contribution in [0.15, 0.2) is 22.8 Å². The quantitative estimate of drug-likeness (QED) is 0.735. The summed E-state index contributed by atoms with van der Waals surface area (Å²) in [5.41, 5.74) is -1.58. The molecule has 0 bridgehead atoms. The maximum Gasteiger partial charge on any atom is 0.337 e. The van der Waals surface area contributed by atoms with Gasteiger partial charge in [-0.2, -0.15) is 0 Å². The van der Waals surface area contributed by atoms with E-state index in [1.807, 2.05) is 13.8 Å². The molecule has 0 radical (unpaired) electrons. The zero-order valence-corrected chi connectivity index (χ0v) is 11.4. The third-order valence-corrected chi connectivity index (χ3v) is 3.11. The van der Waals surface area contributed by atoms with Crippen LogP contribution in [0.1, 0.15) is 33.0 Å². The largest absolute Gasteiger partial charge is 0.479 e. The van der Waals surface area contributed by atoms with E-state index >= 15 is 0 Å². The zero-order valence-electron chi connectivity index (χ0n) is 11.4. The predicted octanol–water partition coefficient (Wildman–Crippen LogP) is 1.92. The molecule has 2 unspecified atom stereocenters. The van der Waals surface area contributed by atoms with Crippen LogP contribution in [0, 0.1) is 5.92 Å². The molecule has 2 atom stereocenters. The number of nitrogens with one attached hydrogen (secondary N) is 2. The molecule has 19 heavy (non-hydrogen) atoms. The van der Waals surface area contributed by atoms with Crippen molar-refractivity contribution in [1.29, 1.82) is 0 Å². The number of furan rings is 1. The SMILES string of the molecule is CCC(C)CNC(=O)NC(C)(C(=O)O)c1ccco1. The lowest BCUT2D eigenvalue weighted by molar-refractivity contribution is -0.144. The Kier molecular flexibility index (Phi) is 4.97. The lowest BCUT2D eigenvalue weighted by Crippen LogP contribution is -2.53. The Balaban J connectivity index is 2.70. The second kappa shape index (κ2) is 6.26. The van der Waals surface area contributed by atoms with Gasteiger partial charge in [0.15, 0.2) is 5.54 Å². The number of hydrogen-bond acceptors (Lipinski definition) is 3. The molecule has 1 heterocycles. The van der Waals surface area contributed by atoms with E-state index in [1.54, 1.807) is 6.07 Å². The average molecular weight is 268 g/mol. The van der Waals surface area contributed by atoms with Gasteiger partial charge in [-0.3, -0.25) is 0 Å². The summed E-state index contributed by atoms with van der Waals surface area (Å²) in [5, 5.41) is 14.4. The molecule has 106 valence electrons. The molecule has 0 saturated heterocycles. The Labute approximate surface area is 112 Å². The van der Waals surface area contributed by atoms with Crippen LogP contribution >= 0.6 is 0 Å². The van der Waals surface area contributed by atoms with E-state index in [-0.39, 0.29) is 5.76 Å². The number of carbonyl (C=O) groups excluding carboxylic acids is 1.